The van der Waals surface area contributed by atoms with E-state index in [0.29, 0.717) is 0 Å². The summed E-state index contributed by atoms with van der Waals surface area (Å²) in [6, 6.07) is 0. The van der Waals surface area contributed by atoms with E-state index in [4.69, 9.17) is 0 Å². The second-order valence-corrected chi connectivity index (χ2v) is 28.5. The van der Waals surface area contributed by atoms with Crippen molar-refractivity contribution < 1.29 is 0 Å². The fourth-order valence-corrected chi connectivity index (χ4v) is 17.7. The van der Waals surface area contributed by atoms with Crippen molar-refractivity contribution in [2.75, 3.05) is 0 Å². The van der Waals surface area contributed by atoms with Crippen molar-refractivity contribution in [3.05, 3.63) is 0 Å². The van der Waals surface area contributed by atoms with Gasteiger partial charge in [-0.2, -0.15) is 0 Å². The van der Waals surface area contributed by atoms with E-state index in [0.717, 1.165) is 0 Å². The summed E-state index contributed by atoms with van der Waals surface area (Å²) < 4.78 is 5.17. The van der Waals surface area contributed by atoms with Crippen molar-refractivity contribution >= 4 is 20.2 Å². The van der Waals surface area contributed by atoms with Crippen LogP contribution in [-0.4, -0.2) is 20.2 Å². The van der Waals surface area contributed by atoms with Gasteiger partial charge in [-0.15, -0.1) is 0 Å². The van der Waals surface area contributed by atoms with Crippen LogP contribution in [0.5, 0.6) is 0 Å². The molecule has 0 aliphatic heterocycles. The quantitative estimate of drug-likeness (QED) is 0.0421. The molecule has 0 spiro atoms. The Morgan fingerprint density at radius 3 is 0.344 bits per heavy atom. The van der Waals surface area contributed by atoms with E-state index in [1.807, 2.05) is 0 Å². The molecule has 0 fully saturated rings. The Hall–Kier alpha value is 0.818. The molecule has 0 aromatic heterocycles. The fraction of sp³-hybridized carbons (Fsp3) is 1.00. The summed E-state index contributed by atoms with van der Waals surface area (Å²) in [5.41, 5.74) is 0. The third-order valence-corrected chi connectivity index (χ3v) is 22.6. The van der Waals surface area contributed by atoms with Gasteiger partial charge in [0, 0.05) is 0 Å². The number of hydrogen-bond donors (Lipinski definition) is 0. The first kappa shape index (κ1) is 61.8. The van der Waals surface area contributed by atoms with Gasteiger partial charge in [0.15, 0.2) is 0 Å². The number of rotatable bonds is 57. The van der Waals surface area contributed by atoms with E-state index in [1.54, 1.807) is 51.6 Å². The van der Waals surface area contributed by atoms with Gasteiger partial charge in [-0.1, -0.05) is 156 Å². The summed E-state index contributed by atoms with van der Waals surface area (Å²) in [6.45, 7) is 6.97. The van der Waals surface area contributed by atoms with E-state index < -0.39 is 20.2 Å². The van der Waals surface area contributed by atoms with Gasteiger partial charge in [-0.05, 0) is 0 Å². The van der Waals surface area contributed by atoms with Gasteiger partial charge >= 0.3 is 245 Å². The Morgan fingerprint density at radius 2 is 0.230 bits per heavy atom. The Kier molecular flexibility index (Phi) is 59.6. The maximum atomic E-state index is 2.32. The molecule has 0 unspecified atom stereocenters. The van der Waals surface area contributed by atoms with E-state index in [-0.39, 0.29) is 0 Å². The van der Waals surface area contributed by atoms with Crippen molar-refractivity contribution in [3.8, 4) is 0 Å². The molecule has 368 valence electrons. The molecule has 0 aromatic carbocycles. The minimum Gasteiger partial charge on any atom is -0.0654 e. The summed E-state index contributed by atoms with van der Waals surface area (Å²) >= 11 is -1.02. The summed E-state index contributed by atoms with van der Waals surface area (Å²) in [4.78, 5) is 0. The van der Waals surface area contributed by atoms with Crippen LogP contribution in [0, 0.1) is 0 Å². The molecule has 0 aliphatic carbocycles. The molecular weight excluding hydrogens is 842 g/mol. The summed E-state index contributed by atoms with van der Waals surface area (Å²) in [5, 5.41) is 0. The van der Waals surface area contributed by atoms with Gasteiger partial charge in [-0.3, -0.25) is 0 Å². The minimum atomic E-state index is -1.02. The molecule has 0 aromatic rings. The molecule has 0 N–H and O–H groups in total. The van der Waals surface area contributed by atoms with Crippen molar-refractivity contribution in [1.82, 2.24) is 0 Å². The average molecular weight is 966 g/mol. The predicted octanol–water partition coefficient (Wildman–Crippen LogP) is 23.6. The van der Waals surface area contributed by atoms with Gasteiger partial charge in [0.25, 0.3) is 0 Å². The topological polar surface area (TPSA) is 0 Å². The van der Waals surface area contributed by atoms with Crippen molar-refractivity contribution in [2.24, 2.45) is 0 Å². The van der Waals surface area contributed by atoms with Crippen LogP contribution in [0.3, 0.4) is 0 Å². The normalized spacial score (nSPS) is 11.8. The first-order valence-corrected chi connectivity index (χ1v) is 35.5. The van der Waals surface area contributed by atoms with E-state index in [2.05, 4.69) is 20.8 Å². The van der Waals surface area contributed by atoms with Crippen LogP contribution in [-0.2, 0) is 0 Å². The molecule has 0 saturated heterocycles. The molecule has 0 amide bonds. The van der Waals surface area contributed by atoms with Crippen LogP contribution in [0.2, 0.25) is 13.1 Å². The second-order valence-electron chi connectivity index (χ2n) is 20.9. The van der Waals surface area contributed by atoms with Gasteiger partial charge in [0.1, 0.15) is 0 Å². The Morgan fingerprint density at radius 1 is 0.131 bits per heavy atom. The molecular formula is C60H123Sb. The summed E-state index contributed by atoms with van der Waals surface area (Å²) in [7, 11) is 0. The minimum absolute atomic E-state index is 1.02. The summed E-state index contributed by atoms with van der Waals surface area (Å²) in [5.74, 6) is 0. The summed E-state index contributed by atoms with van der Waals surface area (Å²) in [6.07, 6.45) is 81.0. The van der Waals surface area contributed by atoms with Crippen LogP contribution in [0.25, 0.3) is 0 Å². The fourth-order valence-electron chi connectivity index (χ4n) is 10.0. The number of unbranched alkanes of at least 4 members (excludes halogenated alkanes) is 51. The van der Waals surface area contributed by atoms with Crippen LogP contribution in [0.1, 0.15) is 367 Å². The molecule has 0 atom stereocenters. The molecule has 0 nitrogen and oxygen atoms in total. The molecule has 0 heterocycles. The number of hydrogen-bond acceptors (Lipinski definition) is 0. The Bertz CT molecular complexity index is 621. The zero-order valence-corrected chi connectivity index (χ0v) is 46.3. The van der Waals surface area contributed by atoms with Crippen molar-refractivity contribution in [3.63, 3.8) is 0 Å². The van der Waals surface area contributed by atoms with E-state index in [1.165, 1.54) is 308 Å². The SMILES string of the molecule is CCCCCCCCCCCCCCCCCCC[CH2][Sb]([CH2]CCCCCCCCCCCCCCCCCCC)[CH2]CCCCCCCCCCCCCCCCCCC. The average Bonchev–Trinajstić information content (AvgIpc) is 3.27. The first-order valence-electron chi connectivity index (χ1n) is 30.1. The van der Waals surface area contributed by atoms with Crippen LogP contribution >= 0.6 is 0 Å². The molecule has 0 bridgehead atoms. The van der Waals surface area contributed by atoms with Gasteiger partial charge in [0.2, 0.25) is 0 Å². The van der Waals surface area contributed by atoms with Crippen molar-refractivity contribution in [1.29, 1.82) is 0 Å². The second kappa shape index (κ2) is 58.8. The Balaban J connectivity index is 3.96. The Labute approximate surface area is 398 Å². The van der Waals surface area contributed by atoms with Crippen LogP contribution in [0.4, 0.5) is 0 Å². The van der Waals surface area contributed by atoms with Crippen LogP contribution < -0.4 is 0 Å². The molecule has 0 radical (unpaired) electrons. The van der Waals surface area contributed by atoms with E-state index in [9.17, 15) is 0 Å². The van der Waals surface area contributed by atoms with Gasteiger partial charge in [0.05, 0.1) is 0 Å². The van der Waals surface area contributed by atoms with Crippen LogP contribution in [0.15, 0.2) is 0 Å². The third-order valence-electron chi connectivity index (χ3n) is 14.5. The van der Waals surface area contributed by atoms with Crippen molar-refractivity contribution in [2.45, 2.75) is 381 Å². The molecule has 61 heavy (non-hydrogen) atoms. The maximum absolute atomic E-state index is 2.32. The van der Waals surface area contributed by atoms with Gasteiger partial charge < -0.3 is 0 Å². The molecule has 0 saturated carbocycles. The molecule has 0 aliphatic rings. The smallest absolute Gasteiger partial charge is 0.0654 e. The zero-order chi connectivity index (χ0) is 43.9. The third kappa shape index (κ3) is 56.9. The predicted molar refractivity (Wildman–Crippen MR) is 287 cm³/mol. The first-order chi connectivity index (χ1) is 30.3. The molecule has 0 rings (SSSR count). The molecule has 1 heteroatoms. The van der Waals surface area contributed by atoms with Gasteiger partial charge in [-0.25, -0.2) is 0 Å². The monoisotopic (exact) mass is 965 g/mol. The standard InChI is InChI=1S/3C20H41.Sb/c3*1-3-5-7-9-11-13-15-17-19-20-18-16-14-12-10-8-6-4-2;/h3*1,3-20H2,2H3;. The van der Waals surface area contributed by atoms with E-state index >= 15 is 0 Å². The zero-order valence-electron chi connectivity index (χ0n) is 43.8.